The normalized spacial score (nSPS) is 17.7. The lowest BCUT2D eigenvalue weighted by Crippen LogP contribution is -2.51. The Morgan fingerprint density at radius 3 is 2.40 bits per heavy atom. The zero-order chi connectivity index (χ0) is 30.4. The predicted octanol–water partition coefficient (Wildman–Crippen LogP) is 3.09. The Labute approximate surface area is 246 Å². The fraction of sp³-hybridized carbons (Fsp3) is 0.364. The summed E-state index contributed by atoms with van der Waals surface area (Å²) in [4.78, 5) is 40.8. The van der Waals surface area contributed by atoms with Gasteiger partial charge >= 0.3 is 0 Å². The van der Waals surface area contributed by atoms with Crippen molar-refractivity contribution >= 4 is 23.4 Å². The van der Waals surface area contributed by atoms with Gasteiger partial charge in [-0.2, -0.15) is 0 Å². The lowest BCUT2D eigenvalue weighted by atomic mass is 9.93. The summed E-state index contributed by atoms with van der Waals surface area (Å²) in [6, 6.07) is 22.0. The monoisotopic (exact) mass is 572 g/mol. The molecule has 0 aliphatic carbocycles. The minimum Gasteiger partial charge on any atom is -0.394 e. The summed E-state index contributed by atoms with van der Waals surface area (Å²) >= 11 is 0. The number of hydrogen-bond donors (Lipinski definition) is 5. The SMILES string of the molecule is CC1CC(NC(=O)CC(C)(C)NC[C@H](O)CO)C(=O)N(Cc2ccc(-c3ccccc3C(N)=O)cc2)c2ccccc21. The number of nitrogens with two attached hydrogens (primary N) is 1. The molecule has 0 saturated heterocycles. The van der Waals surface area contributed by atoms with Crippen LogP contribution in [0.5, 0.6) is 0 Å². The van der Waals surface area contributed by atoms with E-state index >= 15 is 0 Å². The Bertz CT molecular complexity index is 1420. The molecule has 3 aromatic rings. The number of hydrogen-bond acceptors (Lipinski definition) is 6. The lowest BCUT2D eigenvalue weighted by Gasteiger charge is -2.29. The van der Waals surface area contributed by atoms with Crippen LogP contribution in [0.25, 0.3) is 11.1 Å². The maximum Gasteiger partial charge on any atom is 0.249 e. The van der Waals surface area contributed by atoms with Gasteiger partial charge in [-0.3, -0.25) is 14.4 Å². The van der Waals surface area contributed by atoms with Crippen molar-refractivity contribution in [3.8, 4) is 11.1 Å². The van der Waals surface area contributed by atoms with Crippen LogP contribution in [0.15, 0.2) is 72.8 Å². The van der Waals surface area contributed by atoms with Crippen LogP contribution in [0.1, 0.15) is 61.0 Å². The molecule has 6 N–H and O–H groups in total. The van der Waals surface area contributed by atoms with Crippen LogP contribution in [0.3, 0.4) is 0 Å². The molecule has 3 aromatic carbocycles. The van der Waals surface area contributed by atoms with E-state index in [9.17, 15) is 19.5 Å². The van der Waals surface area contributed by atoms with E-state index < -0.39 is 23.6 Å². The molecule has 0 bridgehead atoms. The largest absolute Gasteiger partial charge is 0.394 e. The van der Waals surface area contributed by atoms with E-state index in [0.29, 0.717) is 18.5 Å². The predicted molar refractivity (Wildman–Crippen MR) is 163 cm³/mol. The van der Waals surface area contributed by atoms with E-state index in [1.165, 1.54) is 0 Å². The van der Waals surface area contributed by atoms with Crippen LogP contribution >= 0.6 is 0 Å². The van der Waals surface area contributed by atoms with Gasteiger partial charge in [-0.15, -0.1) is 0 Å². The van der Waals surface area contributed by atoms with E-state index in [2.05, 4.69) is 17.6 Å². The van der Waals surface area contributed by atoms with E-state index in [4.69, 9.17) is 10.8 Å². The van der Waals surface area contributed by atoms with Gasteiger partial charge in [-0.25, -0.2) is 0 Å². The van der Waals surface area contributed by atoms with Crippen molar-refractivity contribution in [2.24, 2.45) is 5.73 Å². The minimum atomic E-state index is -0.921. The molecule has 222 valence electrons. The first kappa shape index (κ1) is 30.9. The molecule has 1 aliphatic heterocycles. The number of carbonyl (C=O) groups is 3. The van der Waals surface area contributed by atoms with E-state index in [0.717, 1.165) is 27.9 Å². The summed E-state index contributed by atoms with van der Waals surface area (Å²) in [5, 5.41) is 24.8. The smallest absolute Gasteiger partial charge is 0.249 e. The molecule has 2 unspecified atom stereocenters. The van der Waals surface area contributed by atoms with Crippen LogP contribution in [-0.4, -0.2) is 58.8 Å². The van der Waals surface area contributed by atoms with E-state index in [-0.39, 0.29) is 37.3 Å². The van der Waals surface area contributed by atoms with Gasteiger partial charge in [0, 0.05) is 29.8 Å². The molecule has 9 nitrogen and oxygen atoms in total. The van der Waals surface area contributed by atoms with Crippen molar-refractivity contribution < 1.29 is 24.6 Å². The van der Waals surface area contributed by atoms with Gasteiger partial charge in [-0.1, -0.05) is 67.6 Å². The van der Waals surface area contributed by atoms with Crippen LogP contribution in [0, 0.1) is 0 Å². The van der Waals surface area contributed by atoms with Gasteiger partial charge in [0.25, 0.3) is 0 Å². The second-order valence-electron chi connectivity index (χ2n) is 11.6. The molecule has 1 aliphatic rings. The molecule has 3 atom stereocenters. The number of β-amino-alcohol motifs (C(OH)–C–C–N with tert-alkyl or cyclic N) is 1. The van der Waals surface area contributed by atoms with Gasteiger partial charge in [0.05, 0.1) is 19.3 Å². The second kappa shape index (κ2) is 13.3. The van der Waals surface area contributed by atoms with Gasteiger partial charge < -0.3 is 31.5 Å². The highest BCUT2D eigenvalue weighted by Crippen LogP contribution is 2.36. The number of primary amides is 1. The van der Waals surface area contributed by atoms with Gasteiger partial charge in [-0.05, 0) is 60.6 Å². The third-order valence-electron chi connectivity index (χ3n) is 7.67. The Morgan fingerprint density at radius 1 is 1.05 bits per heavy atom. The number of amides is 3. The summed E-state index contributed by atoms with van der Waals surface area (Å²) in [5.74, 6) is -0.936. The molecular weight excluding hydrogens is 532 g/mol. The number of anilines is 1. The third kappa shape index (κ3) is 7.42. The van der Waals surface area contributed by atoms with Crippen molar-refractivity contribution in [1.29, 1.82) is 0 Å². The van der Waals surface area contributed by atoms with Gasteiger partial charge in [0.1, 0.15) is 6.04 Å². The lowest BCUT2D eigenvalue weighted by molar-refractivity contribution is -0.128. The summed E-state index contributed by atoms with van der Waals surface area (Å²) in [7, 11) is 0. The van der Waals surface area contributed by atoms with Crippen LogP contribution in [-0.2, 0) is 16.1 Å². The molecule has 0 fully saturated rings. The molecule has 0 aromatic heterocycles. The number of carbonyl (C=O) groups excluding carboxylic acids is 3. The molecular formula is C33H40N4O5. The van der Waals surface area contributed by atoms with Crippen molar-refractivity contribution in [3.05, 3.63) is 89.5 Å². The standard InChI is InChI=1S/C33H40N4O5/c1-21-16-28(36-30(40)17-33(2,3)35-18-24(39)20-38)32(42)37(29-11-7-6-8-25(21)29)19-22-12-14-23(15-13-22)26-9-4-5-10-27(26)31(34)41/h4-15,21,24,28,35,38-39H,16-20H2,1-3H3,(H2,34,41)(H,36,40)/t21?,24-,28?/m0/s1. The van der Waals surface area contributed by atoms with E-state index in [1.807, 2.05) is 74.5 Å². The van der Waals surface area contributed by atoms with Crippen molar-refractivity contribution in [3.63, 3.8) is 0 Å². The van der Waals surface area contributed by atoms with Gasteiger partial charge in [0.2, 0.25) is 17.7 Å². The van der Waals surface area contributed by atoms with Gasteiger partial charge in [0.15, 0.2) is 0 Å². The number of aliphatic hydroxyl groups excluding tert-OH is 2. The summed E-state index contributed by atoms with van der Waals surface area (Å²) < 4.78 is 0. The topological polar surface area (TPSA) is 145 Å². The highest BCUT2D eigenvalue weighted by Gasteiger charge is 2.35. The highest BCUT2D eigenvalue weighted by atomic mass is 16.3. The molecule has 3 amide bonds. The van der Waals surface area contributed by atoms with Crippen molar-refractivity contribution in [2.75, 3.05) is 18.1 Å². The summed E-state index contributed by atoms with van der Waals surface area (Å²) in [6.07, 6.45) is -0.377. The Kier molecular flexibility index (Phi) is 9.78. The van der Waals surface area contributed by atoms with Crippen LogP contribution in [0.2, 0.25) is 0 Å². The molecule has 0 spiro atoms. The average molecular weight is 573 g/mol. The quantitative estimate of drug-likeness (QED) is 0.239. The molecule has 4 rings (SSSR count). The second-order valence-corrected chi connectivity index (χ2v) is 11.6. The zero-order valence-electron chi connectivity index (χ0n) is 24.3. The maximum absolute atomic E-state index is 14.0. The first-order valence-electron chi connectivity index (χ1n) is 14.2. The Morgan fingerprint density at radius 2 is 1.71 bits per heavy atom. The van der Waals surface area contributed by atoms with E-state index in [1.54, 1.807) is 17.0 Å². The van der Waals surface area contributed by atoms with Crippen LogP contribution in [0.4, 0.5) is 5.69 Å². The fourth-order valence-corrected chi connectivity index (χ4v) is 5.41. The number of para-hydroxylation sites is 1. The fourth-order valence-electron chi connectivity index (χ4n) is 5.41. The minimum absolute atomic E-state index is 0.0268. The number of fused-ring (bicyclic) bond motifs is 1. The first-order chi connectivity index (χ1) is 20.0. The molecule has 0 saturated carbocycles. The Balaban J connectivity index is 1.55. The number of benzene rings is 3. The number of nitrogens with one attached hydrogen (secondary N) is 2. The summed E-state index contributed by atoms with van der Waals surface area (Å²) in [6.45, 7) is 5.81. The zero-order valence-corrected chi connectivity index (χ0v) is 24.3. The highest BCUT2D eigenvalue weighted by molar-refractivity contribution is 6.01. The molecule has 9 heteroatoms. The van der Waals surface area contributed by atoms with Crippen molar-refractivity contribution in [2.45, 2.75) is 63.8 Å². The Hall–Kier alpha value is -4.05. The first-order valence-corrected chi connectivity index (χ1v) is 14.2. The molecule has 0 radical (unpaired) electrons. The summed E-state index contributed by atoms with van der Waals surface area (Å²) in [5.41, 5.74) is 9.69. The maximum atomic E-state index is 14.0. The molecule has 1 heterocycles. The molecule has 42 heavy (non-hydrogen) atoms. The number of aliphatic hydroxyl groups is 2. The number of nitrogens with zero attached hydrogens (tertiary/aromatic N) is 1. The third-order valence-corrected chi connectivity index (χ3v) is 7.67. The number of rotatable bonds is 11. The average Bonchev–Trinajstić information content (AvgIpc) is 3.06. The van der Waals surface area contributed by atoms with Crippen LogP contribution < -0.4 is 21.3 Å². The van der Waals surface area contributed by atoms with Crippen molar-refractivity contribution in [1.82, 2.24) is 10.6 Å².